The SMILES string of the molecule is Cc1ccccc1CC(=O)Nc1ccc(NCCc2ccc(F)cc2)cn1. The van der Waals surface area contributed by atoms with Crippen molar-refractivity contribution < 1.29 is 9.18 Å². The number of amides is 1. The van der Waals surface area contributed by atoms with Crippen LogP contribution < -0.4 is 10.6 Å². The van der Waals surface area contributed by atoms with Crippen molar-refractivity contribution in [2.24, 2.45) is 0 Å². The van der Waals surface area contributed by atoms with Crippen LogP contribution in [0.5, 0.6) is 0 Å². The van der Waals surface area contributed by atoms with Gasteiger partial charge < -0.3 is 10.6 Å². The number of pyridine rings is 1. The van der Waals surface area contributed by atoms with E-state index in [1.54, 1.807) is 24.4 Å². The fraction of sp³-hybridized carbons (Fsp3) is 0.182. The standard InChI is InChI=1S/C22H22FN3O/c1-16-4-2-3-5-18(16)14-22(27)26-21-11-10-20(15-25-21)24-13-12-17-6-8-19(23)9-7-17/h2-11,15,24H,12-14H2,1H3,(H,25,26,27). The Hall–Kier alpha value is -3.21. The van der Waals surface area contributed by atoms with Crippen LogP contribution in [0.15, 0.2) is 66.9 Å². The Morgan fingerprint density at radius 2 is 1.81 bits per heavy atom. The number of halogens is 1. The molecule has 0 saturated heterocycles. The van der Waals surface area contributed by atoms with Gasteiger partial charge in [0.15, 0.2) is 0 Å². The van der Waals surface area contributed by atoms with Crippen LogP contribution in [-0.4, -0.2) is 17.4 Å². The van der Waals surface area contributed by atoms with Gasteiger partial charge in [-0.25, -0.2) is 9.37 Å². The molecular weight excluding hydrogens is 341 g/mol. The van der Waals surface area contributed by atoms with Crippen molar-refractivity contribution in [3.8, 4) is 0 Å². The lowest BCUT2D eigenvalue weighted by Gasteiger charge is -2.09. The molecule has 0 radical (unpaired) electrons. The highest BCUT2D eigenvalue weighted by molar-refractivity contribution is 5.91. The fourth-order valence-electron chi connectivity index (χ4n) is 2.74. The fourth-order valence-corrected chi connectivity index (χ4v) is 2.74. The van der Waals surface area contributed by atoms with Crippen LogP contribution in [0.25, 0.3) is 0 Å². The molecule has 27 heavy (non-hydrogen) atoms. The number of aryl methyl sites for hydroxylation is 1. The molecule has 5 heteroatoms. The number of benzene rings is 2. The molecule has 3 aromatic rings. The quantitative estimate of drug-likeness (QED) is 0.656. The van der Waals surface area contributed by atoms with Crippen LogP contribution in [0.4, 0.5) is 15.9 Å². The Labute approximate surface area is 158 Å². The smallest absolute Gasteiger partial charge is 0.229 e. The maximum absolute atomic E-state index is 12.9. The summed E-state index contributed by atoms with van der Waals surface area (Å²) >= 11 is 0. The highest BCUT2D eigenvalue weighted by Gasteiger charge is 2.07. The van der Waals surface area contributed by atoms with E-state index in [2.05, 4.69) is 15.6 Å². The minimum atomic E-state index is -0.226. The molecule has 138 valence electrons. The summed E-state index contributed by atoms with van der Waals surface area (Å²) in [6.07, 6.45) is 2.80. The molecule has 0 aliphatic rings. The summed E-state index contributed by atoms with van der Waals surface area (Å²) in [5, 5.41) is 6.09. The molecule has 1 heterocycles. The van der Waals surface area contributed by atoms with E-state index in [-0.39, 0.29) is 11.7 Å². The second-order valence-corrected chi connectivity index (χ2v) is 6.39. The van der Waals surface area contributed by atoms with Gasteiger partial charge >= 0.3 is 0 Å². The van der Waals surface area contributed by atoms with Crippen molar-refractivity contribution in [1.29, 1.82) is 0 Å². The molecule has 2 aromatic carbocycles. The summed E-state index contributed by atoms with van der Waals surface area (Å²) in [5.74, 6) is 0.211. The highest BCUT2D eigenvalue weighted by Crippen LogP contribution is 2.12. The topological polar surface area (TPSA) is 54.0 Å². The molecular formula is C22H22FN3O. The second kappa shape index (κ2) is 8.94. The molecule has 0 bridgehead atoms. The van der Waals surface area contributed by atoms with E-state index in [1.165, 1.54) is 12.1 Å². The number of aromatic nitrogens is 1. The lowest BCUT2D eigenvalue weighted by molar-refractivity contribution is -0.115. The Kier molecular flexibility index (Phi) is 6.15. The first kappa shape index (κ1) is 18.6. The van der Waals surface area contributed by atoms with Crippen LogP contribution in [0.3, 0.4) is 0 Å². The number of anilines is 2. The van der Waals surface area contributed by atoms with Gasteiger partial charge in [0.05, 0.1) is 18.3 Å². The summed E-state index contributed by atoms with van der Waals surface area (Å²) in [6.45, 7) is 2.71. The van der Waals surface area contributed by atoms with Crippen molar-refractivity contribution in [2.45, 2.75) is 19.8 Å². The lowest BCUT2D eigenvalue weighted by Crippen LogP contribution is -2.16. The Morgan fingerprint density at radius 3 is 2.52 bits per heavy atom. The van der Waals surface area contributed by atoms with E-state index < -0.39 is 0 Å². The molecule has 0 spiro atoms. The Bertz CT molecular complexity index is 892. The third-order valence-corrected chi connectivity index (χ3v) is 4.30. The van der Waals surface area contributed by atoms with Gasteiger partial charge in [-0.05, 0) is 54.3 Å². The summed E-state index contributed by atoms with van der Waals surface area (Å²) in [6, 6.07) is 18.0. The Morgan fingerprint density at radius 1 is 1.04 bits per heavy atom. The molecule has 0 atom stereocenters. The van der Waals surface area contributed by atoms with Gasteiger partial charge in [0.1, 0.15) is 11.6 Å². The average molecular weight is 363 g/mol. The second-order valence-electron chi connectivity index (χ2n) is 6.39. The predicted octanol–water partition coefficient (Wildman–Crippen LogP) is 4.36. The minimum Gasteiger partial charge on any atom is -0.383 e. The van der Waals surface area contributed by atoms with E-state index in [4.69, 9.17) is 0 Å². The number of carbonyl (C=O) groups excluding carboxylic acids is 1. The first-order chi connectivity index (χ1) is 13.1. The van der Waals surface area contributed by atoms with Crippen molar-refractivity contribution in [2.75, 3.05) is 17.2 Å². The molecule has 0 unspecified atom stereocenters. The van der Waals surface area contributed by atoms with E-state index in [0.29, 0.717) is 18.8 Å². The number of hydrogen-bond acceptors (Lipinski definition) is 3. The first-order valence-corrected chi connectivity index (χ1v) is 8.89. The zero-order valence-corrected chi connectivity index (χ0v) is 15.2. The van der Waals surface area contributed by atoms with E-state index >= 15 is 0 Å². The molecule has 0 aliphatic heterocycles. The Balaban J connectivity index is 1.47. The van der Waals surface area contributed by atoms with Gasteiger partial charge in [-0.2, -0.15) is 0 Å². The maximum atomic E-state index is 12.9. The summed E-state index contributed by atoms with van der Waals surface area (Å²) in [7, 11) is 0. The largest absolute Gasteiger partial charge is 0.383 e. The molecule has 0 saturated carbocycles. The normalized spacial score (nSPS) is 10.4. The average Bonchev–Trinajstić information content (AvgIpc) is 2.67. The van der Waals surface area contributed by atoms with Gasteiger partial charge in [0.2, 0.25) is 5.91 Å². The summed E-state index contributed by atoms with van der Waals surface area (Å²) in [4.78, 5) is 16.5. The van der Waals surface area contributed by atoms with E-state index in [9.17, 15) is 9.18 Å². The van der Waals surface area contributed by atoms with E-state index in [0.717, 1.165) is 28.8 Å². The van der Waals surface area contributed by atoms with Crippen LogP contribution >= 0.6 is 0 Å². The zero-order valence-electron chi connectivity index (χ0n) is 15.2. The predicted molar refractivity (Wildman–Crippen MR) is 106 cm³/mol. The minimum absolute atomic E-state index is 0.0891. The van der Waals surface area contributed by atoms with Crippen molar-refractivity contribution in [3.05, 3.63) is 89.4 Å². The van der Waals surface area contributed by atoms with Crippen molar-refractivity contribution in [1.82, 2.24) is 4.98 Å². The maximum Gasteiger partial charge on any atom is 0.229 e. The number of hydrogen-bond donors (Lipinski definition) is 2. The number of rotatable bonds is 7. The van der Waals surface area contributed by atoms with Crippen LogP contribution in [0.2, 0.25) is 0 Å². The number of nitrogens with one attached hydrogen (secondary N) is 2. The van der Waals surface area contributed by atoms with Crippen LogP contribution in [0, 0.1) is 12.7 Å². The first-order valence-electron chi connectivity index (χ1n) is 8.89. The molecule has 0 aliphatic carbocycles. The van der Waals surface area contributed by atoms with E-state index in [1.807, 2.05) is 37.3 Å². The molecule has 3 rings (SSSR count). The summed E-state index contributed by atoms with van der Waals surface area (Å²) in [5.41, 5.74) is 4.04. The molecule has 2 N–H and O–H groups in total. The number of nitrogens with zero attached hydrogens (tertiary/aromatic N) is 1. The summed E-state index contributed by atoms with van der Waals surface area (Å²) < 4.78 is 12.9. The van der Waals surface area contributed by atoms with Crippen molar-refractivity contribution in [3.63, 3.8) is 0 Å². The van der Waals surface area contributed by atoms with Crippen LogP contribution in [0.1, 0.15) is 16.7 Å². The van der Waals surface area contributed by atoms with Crippen LogP contribution in [-0.2, 0) is 17.6 Å². The third-order valence-electron chi connectivity index (χ3n) is 4.30. The molecule has 0 fully saturated rings. The zero-order chi connectivity index (χ0) is 19.1. The highest BCUT2D eigenvalue weighted by atomic mass is 19.1. The van der Waals surface area contributed by atoms with Gasteiger partial charge in [-0.1, -0.05) is 36.4 Å². The van der Waals surface area contributed by atoms with Gasteiger partial charge in [-0.15, -0.1) is 0 Å². The van der Waals surface area contributed by atoms with Gasteiger partial charge in [0.25, 0.3) is 0 Å². The molecule has 1 amide bonds. The lowest BCUT2D eigenvalue weighted by atomic mass is 10.1. The third kappa shape index (κ3) is 5.64. The van der Waals surface area contributed by atoms with Gasteiger partial charge in [-0.3, -0.25) is 4.79 Å². The van der Waals surface area contributed by atoms with Crippen molar-refractivity contribution >= 4 is 17.4 Å². The monoisotopic (exact) mass is 363 g/mol. The molecule has 4 nitrogen and oxygen atoms in total. The van der Waals surface area contributed by atoms with Gasteiger partial charge in [0, 0.05) is 6.54 Å². The number of carbonyl (C=O) groups is 1. The molecule has 1 aromatic heterocycles.